The van der Waals surface area contributed by atoms with Crippen LogP contribution in [-0.4, -0.2) is 29.9 Å². The summed E-state index contributed by atoms with van der Waals surface area (Å²) >= 11 is 0. The number of hydrogen-bond donors (Lipinski definition) is 0. The van der Waals surface area contributed by atoms with Gasteiger partial charge in [-0.2, -0.15) is 30.7 Å². The predicted molar refractivity (Wildman–Crippen MR) is 39.6 cm³/mol. The predicted octanol–water partition coefficient (Wildman–Crippen LogP) is 2.69. The van der Waals surface area contributed by atoms with Crippen molar-refractivity contribution in [3.8, 4) is 0 Å². The summed E-state index contributed by atoms with van der Waals surface area (Å²) in [4.78, 5) is 10.7. The van der Waals surface area contributed by atoms with Gasteiger partial charge in [-0.15, -0.1) is 0 Å². The minimum atomic E-state index is -6.43. The van der Waals surface area contributed by atoms with Crippen molar-refractivity contribution in [1.29, 1.82) is 0 Å². The minimum Gasteiger partial charge on any atom is -0.491 e. The van der Waals surface area contributed by atoms with Crippen molar-refractivity contribution in [1.82, 2.24) is 0 Å². The molecular formula is C8H5F7O2. The van der Waals surface area contributed by atoms with Crippen LogP contribution >= 0.6 is 0 Å². The molecule has 0 radical (unpaired) electrons. The molecule has 9 heteroatoms. The lowest BCUT2D eigenvalue weighted by Gasteiger charge is -2.33. The number of hydrogen-bond acceptors (Lipinski definition) is 2. The number of alkyl halides is 7. The summed E-state index contributed by atoms with van der Waals surface area (Å²) in [6.07, 6.45) is -9.47. The third kappa shape index (κ3) is 2.22. The van der Waals surface area contributed by atoms with Crippen LogP contribution in [0.15, 0.2) is 12.3 Å². The van der Waals surface area contributed by atoms with E-state index in [1.54, 1.807) is 0 Å². The number of carbonyl (C=O) groups is 1. The highest BCUT2D eigenvalue weighted by Gasteiger charge is 2.76. The molecule has 0 spiro atoms. The molecule has 1 rings (SSSR count). The molecule has 1 atom stereocenters. The van der Waals surface area contributed by atoms with E-state index in [0.717, 1.165) is 0 Å². The van der Waals surface area contributed by atoms with Crippen LogP contribution in [0.3, 0.4) is 0 Å². The number of carbonyl (C=O) groups excluding carboxylic acids is 1. The molecule has 0 aromatic heterocycles. The molecule has 1 heterocycles. The zero-order valence-electron chi connectivity index (χ0n) is 7.90. The quantitative estimate of drug-likeness (QED) is 0.718. The van der Waals surface area contributed by atoms with E-state index in [2.05, 4.69) is 4.74 Å². The number of rotatable bonds is 2. The van der Waals surface area contributed by atoms with Crippen molar-refractivity contribution in [2.45, 2.75) is 30.5 Å². The third-order valence-corrected chi connectivity index (χ3v) is 2.06. The van der Waals surface area contributed by atoms with Crippen molar-refractivity contribution in [2.75, 3.05) is 0 Å². The van der Waals surface area contributed by atoms with Crippen LogP contribution in [0.4, 0.5) is 30.7 Å². The van der Waals surface area contributed by atoms with E-state index in [-0.39, 0.29) is 0 Å². The highest BCUT2D eigenvalue weighted by molar-refractivity contribution is 5.90. The fourth-order valence-corrected chi connectivity index (χ4v) is 1.11. The second-order valence-electron chi connectivity index (χ2n) is 3.29. The SMILES string of the molecule is O=C1C=CO[C@@H](C(F)(F)C(F)(F)C(F)(F)F)C1. The van der Waals surface area contributed by atoms with Crippen LogP contribution in [0, 0.1) is 0 Å². The van der Waals surface area contributed by atoms with E-state index in [0.29, 0.717) is 12.3 Å². The largest absolute Gasteiger partial charge is 0.491 e. The maximum Gasteiger partial charge on any atom is 0.460 e. The fraction of sp³-hybridized carbons (Fsp3) is 0.625. The third-order valence-electron chi connectivity index (χ3n) is 2.06. The zero-order chi connectivity index (χ0) is 13.5. The van der Waals surface area contributed by atoms with E-state index in [9.17, 15) is 35.5 Å². The highest BCUT2D eigenvalue weighted by atomic mass is 19.4. The highest BCUT2D eigenvalue weighted by Crippen LogP contribution is 2.49. The van der Waals surface area contributed by atoms with Gasteiger partial charge in [-0.05, 0) is 0 Å². The van der Waals surface area contributed by atoms with Crippen LogP contribution < -0.4 is 0 Å². The van der Waals surface area contributed by atoms with E-state index >= 15 is 0 Å². The Hall–Kier alpha value is -1.28. The second-order valence-corrected chi connectivity index (χ2v) is 3.29. The van der Waals surface area contributed by atoms with Gasteiger partial charge < -0.3 is 4.74 Å². The Labute approximate surface area is 90.0 Å². The van der Waals surface area contributed by atoms with Crippen molar-refractivity contribution in [3.05, 3.63) is 12.3 Å². The Morgan fingerprint density at radius 1 is 1.12 bits per heavy atom. The lowest BCUT2D eigenvalue weighted by Crippen LogP contribution is -2.58. The normalized spacial score (nSPS) is 22.5. The van der Waals surface area contributed by atoms with Gasteiger partial charge in [-0.25, -0.2) is 0 Å². The molecule has 0 aromatic carbocycles. The summed E-state index contributed by atoms with van der Waals surface area (Å²) in [7, 11) is 0. The molecule has 0 unspecified atom stereocenters. The van der Waals surface area contributed by atoms with Gasteiger partial charge in [-0.3, -0.25) is 4.79 Å². The van der Waals surface area contributed by atoms with Crippen LogP contribution in [0.5, 0.6) is 0 Å². The lowest BCUT2D eigenvalue weighted by molar-refractivity contribution is -0.370. The molecule has 1 aliphatic rings. The van der Waals surface area contributed by atoms with E-state index in [4.69, 9.17) is 0 Å². The minimum absolute atomic E-state index is 0.372. The Bertz CT molecular complexity index is 344. The summed E-state index contributed by atoms with van der Waals surface area (Å²) in [5, 5.41) is 0. The number of ether oxygens (including phenoxy) is 1. The van der Waals surface area contributed by atoms with Gasteiger partial charge in [0.05, 0.1) is 12.7 Å². The standard InChI is InChI=1S/C8H5F7O2/c9-6(10,7(11,12)8(13,14)15)5-3-4(16)1-2-17-5/h1-2,5H,3H2/t5-/m1/s1. The van der Waals surface area contributed by atoms with Gasteiger partial charge in [0.25, 0.3) is 0 Å². The van der Waals surface area contributed by atoms with Crippen LogP contribution in [0.1, 0.15) is 6.42 Å². The van der Waals surface area contributed by atoms with Crippen LogP contribution in [0.2, 0.25) is 0 Å². The van der Waals surface area contributed by atoms with Gasteiger partial charge in [0.15, 0.2) is 11.9 Å². The molecule has 0 saturated carbocycles. The fourth-order valence-electron chi connectivity index (χ4n) is 1.11. The molecule has 0 aromatic rings. The van der Waals surface area contributed by atoms with Crippen molar-refractivity contribution in [3.63, 3.8) is 0 Å². The van der Waals surface area contributed by atoms with Gasteiger partial charge in [-0.1, -0.05) is 0 Å². The van der Waals surface area contributed by atoms with Crippen molar-refractivity contribution < 1.29 is 40.3 Å². The van der Waals surface area contributed by atoms with Crippen molar-refractivity contribution >= 4 is 5.78 Å². The molecule has 0 N–H and O–H groups in total. The van der Waals surface area contributed by atoms with Crippen molar-refractivity contribution in [2.24, 2.45) is 0 Å². The summed E-state index contributed by atoms with van der Waals surface area (Å²) in [5.41, 5.74) is 0. The molecule has 2 nitrogen and oxygen atoms in total. The first-order chi connectivity index (χ1) is 7.50. The number of ketones is 1. The average molecular weight is 266 g/mol. The Balaban J connectivity index is 3.02. The topological polar surface area (TPSA) is 26.3 Å². The van der Waals surface area contributed by atoms with Crippen LogP contribution in [-0.2, 0) is 9.53 Å². The van der Waals surface area contributed by atoms with Gasteiger partial charge in [0, 0.05) is 6.08 Å². The molecule has 98 valence electrons. The van der Waals surface area contributed by atoms with Crippen LogP contribution in [0.25, 0.3) is 0 Å². The first-order valence-corrected chi connectivity index (χ1v) is 4.17. The number of allylic oxidation sites excluding steroid dienone is 1. The molecule has 0 saturated heterocycles. The molecule has 0 fully saturated rings. The Morgan fingerprint density at radius 2 is 1.65 bits per heavy atom. The molecule has 0 bridgehead atoms. The molecule has 0 amide bonds. The maximum absolute atomic E-state index is 13.0. The number of halogens is 7. The maximum atomic E-state index is 13.0. The molecular weight excluding hydrogens is 261 g/mol. The first-order valence-electron chi connectivity index (χ1n) is 4.17. The second kappa shape index (κ2) is 3.88. The van der Waals surface area contributed by atoms with Gasteiger partial charge in [0.1, 0.15) is 0 Å². The van der Waals surface area contributed by atoms with Gasteiger partial charge in [0.2, 0.25) is 0 Å². The van der Waals surface area contributed by atoms with E-state index in [1.165, 1.54) is 0 Å². The van der Waals surface area contributed by atoms with Gasteiger partial charge >= 0.3 is 18.0 Å². The summed E-state index contributed by atoms with van der Waals surface area (Å²) in [6, 6.07) is 0. The summed E-state index contributed by atoms with van der Waals surface area (Å²) in [5.74, 6) is -12.8. The Kier molecular flexibility index (Phi) is 3.15. The van der Waals surface area contributed by atoms with E-state index in [1.807, 2.05) is 0 Å². The monoisotopic (exact) mass is 266 g/mol. The first kappa shape index (κ1) is 13.8. The van der Waals surface area contributed by atoms with E-state index < -0.39 is 36.3 Å². The summed E-state index contributed by atoms with van der Waals surface area (Å²) in [6.45, 7) is 0. The summed E-state index contributed by atoms with van der Waals surface area (Å²) < 4.78 is 90.4. The zero-order valence-corrected chi connectivity index (χ0v) is 7.90. The Morgan fingerprint density at radius 3 is 2.06 bits per heavy atom. The molecule has 17 heavy (non-hydrogen) atoms. The molecule has 0 aliphatic carbocycles. The molecule has 1 aliphatic heterocycles. The average Bonchev–Trinajstić information content (AvgIpc) is 2.15. The smallest absolute Gasteiger partial charge is 0.460 e. The lowest BCUT2D eigenvalue weighted by atomic mass is 9.99.